The van der Waals surface area contributed by atoms with Crippen molar-refractivity contribution >= 4 is 10.9 Å². The molecule has 0 amide bonds. The van der Waals surface area contributed by atoms with E-state index in [1.165, 1.54) is 49.7 Å². The number of pyridine rings is 1. The van der Waals surface area contributed by atoms with Crippen LogP contribution in [0, 0.1) is 29.1 Å². The SMILES string of the molecule is N#Cc1ccc(-c2nc(-c3ccccc3)nc(-c3ccc(-c4ccc(C56CC7CC(CC(C7)C5)C6)cc4)cc3)n2)c2cccnc12. The summed E-state index contributed by atoms with van der Waals surface area (Å²) in [5.41, 5.74) is 8.22. The maximum Gasteiger partial charge on any atom is 0.164 e. The highest BCUT2D eigenvalue weighted by Crippen LogP contribution is 2.60. The van der Waals surface area contributed by atoms with E-state index < -0.39 is 0 Å². The Morgan fingerprint density at radius 1 is 0.565 bits per heavy atom. The van der Waals surface area contributed by atoms with Gasteiger partial charge < -0.3 is 0 Å². The van der Waals surface area contributed by atoms with Crippen LogP contribution in [-0.2, 0) is 5.41 Å². The molecule has 2 heterocycles. The molecular weight excluding hydrogens is 562 g/mol. The summed E-state index contributed by atoms with van der Waals surface area (Å²) in [7, 11) is 0. The van der Waals surface area contributed by atoms with E-state index in [9.17, 15) is 5.26 Å². The van der Waals surface area contributed by atoms with E-state index in [1.807, 2.05) is 48.5 Å². The average Bonchev–Trinajstić information content (AvgIpc) is 3.11. The summed E-state index contributed by atoms with van der Waals surface area (Å²) in [5, 5.41) is 10.5. The molecule has 10 rings (SSSR count). The maximum absolute atomic E-state index is 9.67. The molecule has 2 aromatic heterocycles. The first kappa shape index (κ1) is 27.1. The van der Waals surface area contributed by atoms with Crippen molar-refractivity contribution < 1.29 is 0 Å². The Kier molecular flexibility index (Phi) is 6.31. The molecule has 0 aliphatic heterocycles. The summed E-state index contributed by atoms with van der Waals surface area (Å²) in [6, 6.07) is 37.8. The van der Waals surface area contributed by atoms with Crippen LogP contribution in [0.5, 0.6) is 0 Å². The highest BCUT2D eigenvalue weighted by molar-refractivity contribution is 5.96. The van der Waals surface area contributed by atoms with Gasteiger partial charge >= 0.3 is 0 Å². The highest BCUT2D eigenvalue weighted by atomic mass is 15.0. The second-order valence-electron chi connectivity index (χ2n) is 13.7. The normalized spacial score (nSPS) is 23.0. The number of hydrogen-bond acceptors (Lipinski definition) is 5. The summed E-state index contributed by atoms with van der Waals surface area (Å²) in [6.07, 6.45) is 10.3. The fourth-order valence-electron chi connectivity index (χ4n) is 9.09. The lowest BCUT2D eigenvalue weighted by molar-refractivity contribution is -0.00518. The van der Waals surface area contributed by atoms with Crippen molar-refractivity contribution in [2.45, 2.75) is 43.9 Å². The van der Waals surface area contributed by atoms with Gasteiger partial charge in [0.05, 0.1) is 11.1 Å². The Balaban J connectivity index is 1.07. The van der Waals surface area contributed by atoms with Crippen LogP contribution >= 0.6 is 0 Å². The summed E-state index contributed by atoms with van der Waals surface area (Å²) in [5.74, 6) is 4.60. The van der Waals surface area contributed by atoms with Crippen molar-refractivity contribution in [2.24, 2.45) is 17.8 Å². The number of nitrogens with zero attached hydrogens (tertiary/aromatic N) is 5. The lowest BCUT2D eigenvalue weighted by Gasteiger charge is -2.57. The fourth-order valence-corrected chi connectivity index (χ4v) is 9.09. The smallest absolute Gasteiger partial charge is 0.164 e. The molecule has 0 atom stereocenters. The summed E-state index contributed by atoms with van der Waals surface area (Å²) in [6.45, 7) is 0. The van der Waals surface area contributed by atoms with Crippen molar-refractivity contribution in [1.82, 2.24) is 19.9 Å². The fraction of sp³-hybridized carbons (Fsp3) is 0.244. The molecule has 4 aliphatic carbocycles. The summed E-state index contributed by atoms with van der Waals surface area (Å²) < 4.78 is 0. The van der Waals surface area contributed by atoms with Gasteiger partial charge in [0.1, 0.15) is 6.07 Å². The second kappa shape index (κ2) is 10.7. The van der Waals surface area contributed by atoms with Crippen molar-refractivity contribution in [3.63, 3.8) is 0 Å². The van der Waals surface area contributed by atoms with Gasteiger partial charge in [-0.05, 0) is 96.6 Å². The Morgan fingerprint density at radius 3 is 1.76 bits per heavy atom. The number of benzene rings is 4. The van der Waals surface area contributed by atoms with E-state index in [0.29, 0.717) is 34.0 Å². The minimum absolute atomic E-state index is 0.417. The average molecular weight is 596 g/mol. The minimum atomic E-state index is 0.417. The molecule has 0 spiro atoms. The molecule has 4 aromatic carbocycles. The highest BCUT2D eigenvalue weighted by Gasteiger charge is 2.51. The van der Waals surface area contributed by atoms with E-state index in [1.54, 1.807) is 17.8 Å². The second-order valence-corrected chi connectivity index (χ2v) is 13.7. The van der Waals surface area contributed by atoms with Crippen LogP contribution in [0.3, 0.4) is 0 Å². The predicted octanol–water partition coefficient (Wildman–Crippen LogP) is 9.43. The molecule has 6 aromatic rings. The molecule has 46 heavy (non-hydrogen) atoms. The van der Waals surface area contributed by atoms with Crippen molar-refractivity contribution in [1.29, 1.82) is 5.26 Å². The van der Waals surface area contributed by atoms with E-state index >= 15 is 0 Å². The van der Waals surface area contributed by atoms with Gasteiger partial charge in [-0.2, -0.15) is 5.26 Å². The Hall–Kier alpha value is -5.21. The number of rotatable bonds is 5. The number of fused-ring (bicyclic) bond motifs is 1. The van der Waals surface area contributed by atoms with Gasteiger partial charge in [0.2, 0.25) is 0 Å². The number of hydrogen-bond donors (Lipinski definition) is 0. The first-order chi connectivity index (χ1) is 22.6. The molecule has 0 saturated heterocycles. The van der Waals surface area contributed by atoms with Crippen LogP contribution in [0.1, 0.15) is 49.7 Å². The Labute approximate surface area is 269 Å². The third-order valence-electron chi connectivity index (χ3n) is 10.8. The van der Waals surface area contributed by atoms with Crippen LogP contribution in [0.2, 0.25) is 0 Å². The van der Waals surface area contributed by atoms with E-state index in [0.717, 1.165) is 39.8 Å². The van der Waals surface area contributed by atoms with Gasteiger partial charge in [0.25, 0.3) is 0 Å². The van der Waals surface area contributed by atoms with Crippen LogP contribution in [0.4, 0.5) is 0 Å². The third kappa shape index (κ3) is 4.60. The lowest BCUT2D eigenvalue weighted by atomic mass is 9.48. The first-order valence-corrected chi connectivity index (χ1v) is 16.5. The molecule has 4 aliphatic rings. The van der Waals surface area contributed by atoms with E-state index in [2.05, 4.69) is 59.6 Å². The van der Waals surface area contributed by atoms with Crippen LogP contribution in [0.15, 0.2) is 109 Å². The topological polar surface area (TPSA) is 75.3 Å². The Bertz CT molecular complexity index is 2090. The molecule has 5 heteroatoms. The van der Waals surface area contributed by atoms with E-state index in [-0.39, 0.29) is 0 Å². The number of aromatic nitrogens is 4. The zero-order valence-electron chi connectivity index (χ0n) is 25.6. The van der Waals surface area contributed by atoms with Gasteiger partial charge in [0.15, 0.2) is 17.5 Å². The first-order valence-electron chi connectivity index (χ1n) is 16.5. The Morgan fingerprint density at radius 2 is 1.13 bits per heavy atom. The van der Waals surface area contributed by atoms with E-state index in [4.69, 9.17) is 15.0 Å². The molecular formula is C41H33N5. The minimum Gasteiger partial charge on any atom is -0.255 e. The van der Waals surface area contributed by atoms with Gasteiger partial charge in [-0.3, -0.25) is 4.98 Å². The van der Waals surface area contributed by atoms with Crippen molar-refractivity contribution in [3.05, 3.63) is 120 Å². The molecule has 4 saturated carbocycles. The molecule has 5 nitrogen and oxygen atoms in total. The molecule has 4 fully saturated rings. The monoisotopic (exact) mass is 595 g/mol. The van der Waals surface area contributed by atoms with Gasteiger partial charge in [-0.25, -0.2) is 15.0 Å². The molecule has 0 N–H and O–H groups in total. The molecule has 222 valence electrons. The molecule has 0 radical (unpaired) electrons. The quantitative estimate of drug-likeness (QED) is 0.198. The predicted molar refractivity (Wildman–Crippen MR) is 181 cm³/mol. The third-order valence-corrected chi connectivity index (χ3v) is 10.8. The summed E-state index contributed by atoms with van der Waals surface area (Å²) in [4.78, 5) is 19.3. The molecule has 4 bridgehead atoms. The maximum atomic E-state index is 9.67. The van der Waals surface area contributed by atoms with Crippen LogP contribution in [-0.4, -0.2) is 19.9 Å². The standard InChI is InChI=1S/C41H33N5/c42-25-33-14-17-36(35-7-4-18-43-37(33)35)40-45-38(31-5-2-1-3-6-31)44-39(46-40)32-10-8-29(9-11-32)30-12-15-34(16-13-30)41-22-26-19-27(23-41)21-28(20-26)24-41/h1-18,26-28H,19-24H2. The van der Waals surface area contributed by atoms with Crippen LogP contribution in [0.25, 0.3) is 56.2 Å². The lowest BCUT2D eigenvalue weighted by Crippen LogP contribution is -2.48. The molecule has 0 unspecified atom stereocenters. The zero-order chi connectivity index (χ0) is 30.7. The van der Waals surface area contributed by atoms with Gasteiger partial charge in [-0.1, -0.05) is 84.9 Å². The summed E-state index contributed by atoms with van der Waals surface area (Å²) >= 11 is 0. The van der Waals surface area contributed by atoms with Crippen molar-refractivity contribution in [2.75, 3.05) is 0 Å². The van der Waals surface area contributed by atoms with Crippen LogP contribution < -0.4 is 0 Å². The number of nitriles is 1. The van der Waals surface area contributed by atoms with Crippen molar-refractivity contribution in [3.8, 4) is 51.4 Å². The largest absolute Gasteiger partial charge is 0.255 e. The van der Waals surface area contributed by atoms with Gasteiger partial charge in [0, 0.05) is 28.3 Å². The zero-order valence-corrected chi connectivity index (χ0v) is 25.6. The van der Waals surface area contributed by atoms with Gasteiger partial charge in [-0.15, -0.1) is 0 Å².